The van der Waals surface area contributed by atoms with Crippen LogP contribution in [0.15, 0.2) is 176 Å². The van der Waals surface area contributed by atoms with Crippen LogP contribution in [0.5, 0.6) is 0 Å². The van der Waals surface area contributed by atoms with Crippen molar-refractivity contribution < 1.29 is 0 Å². The first-order valence-corrected chi connectivity index (χ1v) is 19.2. The predicted molar refractivity (Wildman–Crippen MR) is 228 cm³/mol. The third kappa shape index (κ3) is 5.39. The lowest BCUT2D eigenvalue weighted by Crippen LogP contribution is -2.10. The maximum Gasteiger partial charge on any atom is 0.0540 e. The Morgan fingerprint density at radius 3 is 1.49 bits per heavy atom. The maximum absolute atomic E-state index is 2.43. The summed E-state index contributed by atoms with van der Waals surface area (Å²) in [4.78, 5) is 0. The first-order valence-electron chi connectivity index (χ1n) is 18.3. The molecule has 0 aliphatic carbocycles. The lowest BCUT2D eigenvalue weighted by atomic mass is 9.87. The molecule has 0 aliphatic heterocycles. The molecule has 53 heavy (non-hydrogen) atoms. The van der Waals surface area contributed by atoms with E-state index in [1.807, 2.05) is 11.3 Å². The summed E-state index contributed by atoms with van der Waals surface area (Å²) in [5.41, 5.74) is 13.4. The molecule has 254 valence electrons. The van der Waals surface area contributed by atoms with E-state index < -0.39 is 0 Å². The minimum atomic E-state index is 0.102. The fourth-order valence-corrected chi connectivity index (χ4v) is 9.04. The van der Waals surface area contributed by atoms with Crippen molar-refractivity contribution in [3.05, 3.63) is 181 Å². The van der Waals surface area contributed by atoms with Gasteiger partial charge in [-0.15, -0.1) is 11.3 Å². The van der Waals surface area contributed by atoms with Crippen LogP contribution in [0.2, 0.25) is 0 Å². The van der Waals surface area contributed by atoms with Crippen LogP contribution < -0.4 is 0 Å². The van der Waals surface area contributed by atoms with Crippen molar-refractivity contribution in [3.8, 4) is 45.0 Å². The Bertz CT molecular complexity index is 2950. The molecule has 0 amide bonds. The Morgan fingerprint density at radius 1 is 0.396 bits per heavy atom. The maximum atomic E-state index is 2.43. The van der Waals surface area contributed by atoms with Gasteiger partial charge in [-0.05, 0) is 106 Å². The molecule has 0 N–H and O–H groups in total. The molecule has 7 aromatic carbocycles. The summed E-state index contributed by atoms with van der Waals surface area (Å²) in [5, 5.41) is 5.06. The largest absolute Gasteiger partial charge is 0.309 e. The molecule has 10 aromatic rings. The zero-order valence-electron chi connectivity index (χ0n) is 30.0. The van der Waals surface area contributed by atoms with Crippen molar-refractivity contribution in [2.75, 3.05) is 0 Å². The molecule has 0 radical (unpaired) electrons. The third-order valence-corrected chi connectivity index (χ3v) is 11.8. The molecule has 0 unspecified atom stereocenters. The van der Waals surface area contributed by atoms with Crippen molar-refractivity contribution in [1.29, 1.82) is 0 Å². The lowest BCUT2D eigenvalue weighted by Gasteiger charge is -2.20. The summed E-state index contributed by atoms with van der Waals surface area (Å²) >= 11 is 1.86. The average molecular weight is 699 g/mol. The van der Waals surface area contributed by atoms with Crippen LogP contribution in [-0.4, -0.2) is 9.13 Å². The Labute approximate surface area is 313 Å². The molecule has 10 rings (SSSR count). The van der Waals surface area contributed by atoms with Gasteiger partial charge < -0.3 is 9.13 Å². The summed E-state index contributed by atoms with van der Waals surface area (Å²) in [6.07, 6.45) is 0. The van der Waals surface area contributed by atoms with Gasteiger partial charge in [-0.25, -0.2) is 0 Å². The van der Waals surface area contributed by atoms with Crippen LogP contribution in [0.3, 0.4) is 0 Å². The van der Waals surface area contributed by atoms with Crippen LogP contribution in [0, 0.1) is 0 Å². The molecular formula is C50H38N2S. The van der Waals surface area contributed by atoms with Crippen molar-refractivity contribution in [3.63, 3.8) is 0 Å². The van der Waals surface area contributed by atoms with Crippen LogP contribution in [0.25, 0.3) is 87.0 Å². The number of hydrogen-bond acceptors (Lipinski definition) is 1. The number of benzene rings is 7. The molecule has 0 bridgehead atoms. The monoisotopic (exact) mass is 698 g/mol. The fraction of sp³-hybridized carbons (Fsp3) is 0.0800. The minimum Gasteiger partial charge on any atom is -0.309 e. The Balaban J connectivity index is 1.12. The Kier molecular flexibility index (Phi) is 7.28. The van der Waals surface area contributed by atoms with E-state index in [0.717, 1.165) is 0 Å². The van der Waals surface area contributed by atoms with Gasteiger partial charge in [0.15, 0.2) is 0 Å². The van der Waals surface area contributed by atoms with Gasteiger partial charge in [0.25, 0.3) is 0 Å². The summed E-state index contributed by atoms with van der Waals surface area (Å²) in [7, 11) is 0. The second kappa shape index (κ2) is 12.2. The van der Waals surface area contributed by atoms with E-state index in [0.29, 0.717) is 0 Å². The SMILES string of the molecule is CC(C)(C)c1ccc(-n2c(-c3ccccc3)cc3cc(-c4ccc5c(c4)cc(-c4ccccc4)n5-c4ccc5sc6ccccc6c5c4)ccc32)cc1. The number of thiophene rings is 1. The van der Waals surface area contributed by atoms with E-state index in [1.54, 1.807) is 0 Å². The summed E-state index contributed by atoms with van der Waals surface area (Å²) < 4.78 is 7.48. The smallest absolute Gasteiger partial charge is 0.0540 e. The topological polar surface area (TPSA) is 9.86 Å². The molecule has 2 nitrogen and oxygen atoms in total. The number of fused-ring (bicyclic) bond motifs is 5. The highest BCUT2D eigenvalue weighted by atomic mass is 32.1. The zero-order valence-corrected chi connectivity index (χ0v) is 30.9. The highest BCUT2D eigenvalue weighted by Crippen LogP contribution is 2.40. The van der Waals surface area contributed by atoms with E-state index in [1.165, 1.54) is 92.6 Å². The first-order chi connectivity index (χ1) is 25.9. The van der Waals surface area contributed by atoms with Gasteiger partial charge in [0.2, 0.25) is 0 Å². The van der Waals surface area contributed by atoms with Gasteiger partial charge in [-0.2, -0.15) is 0 Å². The summed E-state index contributed by atoms with van der Waals surface area (Å²) in [5.74, 6) is 0. The molecule has 3 heterocycles. The minimum absolute atomic E-state index is 0.102. The second-order valence-corrected chi connectivity index (χ2v) is 16.2. The van der Waals surface area contributed by atoms with Gasteiger partial charge in [-0.3, -0.25) is 0 Å². The number of nitrogens with zero attached hydrogens (tertiary/aromatic N) is 2. The molecule has 0 saturated heterocycles. The molecule has 0 fully saturated rings. The van der Waals surface area contributed by atoms with Crippen molar-refractivity contribution in [2.45, 2.75) is 26.2 Å². The number of hydrogen-bond donors (Lipinski definition) is 0. The molecule has 0 atom stereocenters. The van der Waals surface area contributed by atoms with Crippen molar-refractivity contribution in [1.82, 2.24) is 9.13 Å². The molecule has 3 heteroatoms. The standard InChI is InChI=1S/C50H38N2S/c1-50(2,3)39-20-22-40(23-21-39)51-44-25-18-35(28-37(44)30-46(51)33-12-6-4-7-13-33)36-19-26-45-38(29-36)31-47(34-14-8-5-9-15-34)52(45)41-24-27-49-43(32-41)42-16-10-11-17-48(42)53-49/h4-32H,1-3H3. The molecule has 3 aromatic heterocycles. The zero-order chi connectivity index (χ0) is 35.7. The van der Waals surface area contributed by atoms with Crippen molar-refractivity contribution >= 4 is 53.3 Å². The van der Waals surface area contributed by atoms with E-state index in [9.17, 15) is 0 Å². The third-order valence-electron chi connectivity index (χ3n) is 10.7. The number of aromatic nitrogens is 2. The van der Waals surface area contributed by atoms with Crippen LogP contribution in [-0.2, 0) is 5.41 Å². The quantitative estimate of drug-likeness (QED) is 0.169. The van der Waals surface area contributed by atoms with Gasteiger partial charge in [0, 0.05) is 42.3 Å². The lowest BCUT2D eigenvalue weighted by molar-refractivity contribution is 0.590. The van der Waals surface area contributed by atoms with Gasteiger partial charge in [0.1, 0.15) is 0 Å². The van der Waals surface area contributed by atoms with Gasteiger partial charge >= 0.3 is 0 Å². The highest BCUT2D eigenvalue weighted by molar-refractivity contribution is 7.25. The Morgan fingerprint density at radius 2 is 0.906 bits per heavy atom. The van der Waals surface area contributed by atoms with E-state index in [4.69, 9.17) is 0 Å². The normalized spacial score (nSPS) is 12.1. The summed E-state index contributed by atoms with van der Waals surface area (Å²) in [6, 6.07) is 64.8. The van der Waals surface area contributed by atoms with E-state index in [-0.39, 0.29) is 5.41 Å². The van der Waals surface area contributed by atoms with Gasteiger partial charge in [0.05, 0.1) is 22.4 Å². The molecular weight excluding hydrogens is 661 g/mol. The van der Waals surface area contributed by atoms with E-state index in [2.05, 4.69) is 206 Å². The molecule has 0 aliphatic rings. The van der Waals surface area contributed by atoms with Crippen molar-refractivity contribution in [2.24, 2.45) is 0 Å². The fourth-order valence-electron chi connectivity index (χ4n) is 7.95. The van der Waals surface area contributed by atoms with Crippen LogP contribution in [0.1, 0.15) is 26.3 Å². The van der Waals surface area contributed by atoms with Crippen LogP contribution in [0.4, 0.5) is 0 Å². The predicted octanol–water partition coefficient (Wildman–Crippen LogP) is 14.2. The molecule has 0 spiro atoms. The Hall–Kier alpha value is -6.16. The van der Waals surface area contributed by atoms with Crippen LogP contribution >= 0.6 is 11.3 Å². The average Bonchev–Trinajstić information content (AvgIpc) is 3.89. The second-order valence-electron chi connectivity index (χ2n) is 15.1. The number of rotatable bonds is 5. The highest BCUT2D eigenvalue weighted by Gasteiger charge is 2.18. The summed E-state index contributed by atoms with van der Waals surface area (Å²) in [6.45, 7) is 6.80. The van der Waals surface area contributed by atoms with Gasteiger partial charge in [-0.1, -0.05) is 124 Å². The van der Waals surface area contributed by atoms with E-state index >= 15 is 0 Å². The molecule has 0 saturated carbocycles. The first kappa shape index (κ1) is 31.6.